The number of aryl methyl sites for hydroxylation is 2. The summed E-state index contributed by atoms with van der Waals surface area (Å²) in [6.45, 7) is 6.32. The summed E-state index contributed by atoms with van der Waals surface area (Å²) in [6.07, 6.45) is 0. The number of amides is 2. The second-order valence-electron chi connectivity index (χ2n) is 5.56. The zero-order chi connectivity index (χ0) is 17.5. The van der Waals surface area contributed by atoms with Crippen LogP contribution in [0.3, 0.4) is 0 Å². The fourth-order valence-electron chi connectivity index (χ4n) is 2.38. The number of anilines is 1. The number of rotatable bonds is 6. The lowest BCUT2D eigenvalue weighted by atomic mass is 10.1. The predicted molar refractivity (Wildman–Crippen MR) is 94.5 cm³/mol. The van der Waals surface area contributed by atoms with Crippen molar-refractivity contribution >= 4 is 17.5 Å². The average Bonchev–Trinajstić information content (AvgIpc) is 2.52. The first-order chi connectivity index (χ1) is 11.5. The maximum Gasteiger partial charge on any atom is 0.251 e. The highest BCUT2D eigenvalue weighted by molar-refractivity contribution is 5.99. The minimum atomic E-state index is -0.298. The summed E-state index contributed by atoms with van der Waals surface area (Å²) in [5.74, 6) is 0.148. The molecule has 0 fully saturated rings. The van der Waals surface area contributed by atoms with Crippen molar-refractivity contribution in [3.63, 3.8) is 0 Å². The molecule has 0 saturated heterocycles. The number of hydrogen-bond acceptors (Lipinski definition) is 3. The Balaban J connectivity index is 1.87. The van der Waals surface area contributed by atoms with E-state index >= 15 is 0 Å². The lowest BCUT2D eigenvalue weighted by molar-refractivity contribution is -0.115. The van der Waals surface area contributed by atoms with Gasteiger partial charge in [0.05, 0.1) is 13.2 Å². The van der Waals surface area contributed by atoms with E-state index in [1.807, 2.05) is 39.0 Å². The van der Waals surface area contributed by atoms with Crippen LogP contribution in [0, 0.1) is 13.8 Å². The Bertz CT molecular complexity index is 704. The van der Waals surface area contributed by atoms with Crippen LogP contribution in [0.5, 0.6) is 5.75 Å². The molecular weight excluding hydrogens is 304 g/mol. The highest BCUT2D eigenvalue weighted by atomic mass is 16.5. The van der Waals surface area contributed by atoms with Crippen molar-refractivity contribution in [3.05, 3.63) is 59.2 Å². The van der Waals surface area contributed by atoms with E-state index in [2.05, 4.69) is 10.6 Å². The molecule has 126 valence electrons. The molecule has 2 rings (SSSR count). The molecule has 5 nitrogen and oxygen atoms in total. The van der Waals surface area contributed by atoms with Crippen LogP contribution in [0.4, 0.5) is 5.69 Å². The van der Waals surface area contributed by atoms with E-state index < -0.39 is 0 Å². The van der Waals surface area contributed by atoms with E-state index in [4.69, 9.17) is 4.74 Å². The monoisotopic (exact) mass is 326 g/mol. The molecular formula is C19H22N2O3. The van der Waals surface area contributed by atoms with Crippen molar-refractivity contribution in [2.45, 2.75) is 20.8 Å². The molecule has 0 aliphatic rings. The minimum absolute atomic E-state index is 0.0843. The standard InChI is InChI=1S/C19H22N2O3/c1-4-24-17-7-5-15(6-8-17)19(23)20-12-18(22)21-16-10-13(2)9-14(3)11-16/h5-11H,4,12H2,1-3H3,(H,20,23)(H,21,22). The van der Waals surface area contributed by atoms with Gasteiger partial charge in [-0.25, -0.2) is 0 Å². The van der Waals surface area contributed by atoms with Crippen LogP contribution >= 0.6 is 0 Å². The van der Waals surface area contributed by atoms with Crippen molar-refractivity contribution in [2.24, 2.45) is 0 Å². The van der Waals surface area contributed by atoms with E-state index in [9.17, 15) is 9.59 Å². The van der Waals surface area contributed by atoms with Gasteiger partial charge in [0.15, 0.2) is 0 Å². The number of carbonyl (C=O) groups excluding carboxylic acids is 2. The Hall–Kier alpha value is -2.82. The van der Waals surface area contributed by atoms with Crippen LogP contribution in [0.2, 0.25) is 0 Å². The molecule has 0 bridgehead atoms. The highest BCUT2D eigenvalue weighted by Crippen LogP contribution is 2.14. The molecule has 5 heteroatoms. The smallest absolute Gasteiger partial charge is 0.251 e. The first-order valence-electron chi connectivity index (χ1n) is 7.87. The van der Waals surface area contributed by atoms with E-state index in [0.717, 1.165) is 16.8 Å². The summed E-state index contributed by atoms with van der Waals surface area (Å²) in [5, 5.41) is 5.39. The van der Waals surface area contributed by atoms with Crippen LogP contribution in [-0.2, 0) is 4.79 Å². The van der Waals surface area contributed by atoms with Gasteiger partial charge in [0.1, 0.15) is 5.75 Å². The molecule has 0 unspecified atom stereocenters. The van der Waals surface area contributed by atoms with Gasteiger partial charge < -0.3 is 15.4 Å². The Morgan fingerprint density at radius 2 is 1.62 bits per heavy atom. The van der Waals surface area contributed by atoms with Crippen LogP contribution in [0.25, 0.3) is 0 Å². The summed E-state index contributed by atoms with van der Waals surface area (Å²) >= 11 is 0. The van der Waals surface area contributed by atoms with E-state index in [1.54, 1.807) is 24.3 Å². The third-order valence-electron chi connectivity index (χ3n) is 3.34. The minimum Gasteiger partial charge on any atom is -0.494 e. The van der Waals surface area contributed by atoms with Crippen LogP contribution in [0.1, 0.15) is 28.4 Å². The molecule has 2 N–H and O–H groups in total. The number of ether oxygens (including phenoxy) is 1. The molecule has 2 aromatic rings. The molecule has 0 heterocycles. The maximum absolute atomic E-state index is 12.0. The molecule has 0 aromatic heterocycles. The van der Waals surface area contributed by atoms with E-state index in [0.29, 0.717) is 17.9 Å². The normalized spacial score (nSPS) is 10.1. The van der Waals surface area contributed by atoms with Crippen LogP contribution in [-0.4, -0.2) is 25.0 Å². The zero-order valence-corrected chi connectivity index (χ0v) is 14.2. The zero-order valence-electron chi connectivity index (χ0n) is 14.2. The molecule has 0 saturated carbocycles. The van der Waals surface area contributed by atoms with E-state index in [1.165, 1.54) is 0 Å². The Kier molecular flexibility index (Phi) is 5.95. The quantitative estimate of drug-likeness (QED) is 0.857. The summed E-state index contributed by atoms with van der Waals surface area (Å²) < 4.78 is 5.33. The van der Waals surface area contributed by atoms with Crippen molar-refractivity contribution in [2.75, 3.05) is 18.5 Å². The van der Waals surface area contributed by atoms with Crippen LogP contribution in [0.15, 0.2) is 42.5 Å². The Morgan fingerprint density at radius 3 is 2.21 bits per heavy atom. The van der Waals surface area contributed by atoms with Gasteiger partial charge in [-0.3, -0.25) is 9.59 Å². The SMILES string of the molecule is CCOc1ccc(C(=O)NCC(=O)Nc2cc(C)cc(C)c2)cc1. The number of nitrogens with one attached hydrogen (secondary N) is 2. The largest absolute Gasteiger partial charge is 0.494 e. The van der Waals surface area contributed by atoms with Gasteiger partial charge in [0.25, 0.3) is 5.91 Å². The third kappa shape index (κ3) is 5.12. The number of hydrogen-bond donors (Lipinski definition) is 2. The molecule has 0 aliphatic carbocycles. The van der Waals surface area contributed by atoms with Gasteiger partial charge in [0.2, 0.25) is 5.91 Å². The summed E-state index contributed by atoms with van der Waals surface area (Å²) in [5.41, 5.74) is 3.36. The molecule has 24 heavy (non-hydrogen) atoms. The predicted octanol–water partition coefficient (Wildman–Crippen LogP) is 3.07. The fraction of sp³-hybridized carbons (Fsp3) is 0.263. The van der Waals surface area contributed by atoms with Gasteiger partial charge in [-0.15, -0.1) is 0 Å². The molecule has 2 aromatic carbocycles. The molecule has 0 radical (unpaired) electrons. The fourth-order valence-corrected chi connectivity index (χ4v) is 2.38. The van der Waals surface area contributed by atoms with E-state index in [-0.39, 0.29) is 18.4 Å². The second-order valence-corrected chi connectivity index (χ2v) is 5.56. The maximum atomic E-state index is 12.0. The third-order valence-corrected chi connectivity index (χ3v) is 3.34. The van der Waals surface area contributed by atoms with Gasteiger partial charge in [-0.05, 0) is 68.3 Å². The first-order valence-corrected chi connectivity index (χ1v) is 7.87. The Morgan fingerprint density at radius 1 is 1.00 bits per heavy atom. The summed E-state index contributed by atoms with van der Waals surface area (Å²) in [7, 11) is 0. The molecule has 2 amide bonds. The molecule has 0 atom stereocenters. The average molecular weight is 326 g/mol. The highest BCUT2D eigenvalue weighted by Gasteiger charge is 2.09. The van der Waals surface area contributed by atoms with Crippen molar-refractivity contribution in [1.29, 1.82) is 0 Å². The number of carbonyl (C=O) groups is 2. The lowest BCUT2D eigenvalue weighted by Crippen LogP contribution is -2.32. The van der Waals surface area contributed by atoms with Gasteiger partial charge in [-0.2, -0.15) is 0 Å². The van der Waals surface area contributed by atoms with Crippen molar-refractivity contribution in [1.82, 2.24) is 5.32 Å². The summed E-state index contributed by atoms with van der Waals surface area (Å²) in [4.78, 5) is 24.0. The van der Waals surface area contributed by atoms with Gasteiger partial charge in [0, 0.05) is 11.3 Å². The summed E-state index contributed by atoms with van der Waals surface area (Å²) in [6, 6.07) is 12.6. The molecule has 0 spiro atoms. The van der Waals surface area contributed by atoms with Crippen molar-refractivity contribution < 1.29 is 14.3 Å². The van der Waals surface area contributed by atoms with Crippen LogP contribution < -0.4 is 15.4 Å². The number of benzene rings is 2. The molecule has 0 aliphatic heterocycles. The Labute approximate surface area is 142 Å². The topological polar surface area (TPSA) is 67.4 Å². The van der Waals surface area contributed by atoms with Crippen molar-refractivity contribution in [3.8, 4) is 5.75 Å². The second kappa shape index (κ2) is 8.15. The van der Waals surface area contributed by atoms with Gasteiger partial charge >= 0.3 is 0 Å². The first kappa shape index (κ1) is 17.5. The lowest BCUT2D eigenvalue weighted by Gasteiger charge is -2.09. The van der Waals surface area contributed by atoms with Gasteiger partial charge in [-0.1, -0.05) is 6.07 Å².